The second-order valence-electron chi connectivity index (χ2n) is 2.44. The Morgan fingerprint density at radius 1 is 1.58 bits per heavy atom. The maximum Gasteiger partial charge on any atom is 0.0501 e. The molecule has 0 aliphatic carbocycles. The van der Waals surface area contributed by atoms with Crippen LogP contribution in [0.3, 0.4) is 0 Å². The Morgan fingerprint density at radius 3 is 3.00 bits per heavy atom. The average molecular weight is 184 g/mol. The first-order valence-electron chi connectivity index (χ1n) is 3.77. The normalized spacial score (nSPS) is 12.8. The third-order valence-electron chi connectivity index (χ3n) is 1.40. The summed E-state index contributed by atoms with van der Waals surface area (Å²) in [6, 6.07) is 3.76. The van der Waals surface area contributed by atoms with E-state index in [-0.39, 0.29) is 0 Å². The second-order valence-corrected chi connectivity index (χ2v) is 4.01. The van der Waals surface area contributed by atoms with E-state index in [4.69, 9.17) is 5.73 Å². The number of rotatable bonds is 4. The lowest BCUT2D eigenvalue weighted by molar-refractivity contribution is 0.682. The van der Waals surface area contributed by atoms with E-state index in [2.05, 4.69) is 4.98 Å². The van der Waals surface area contributed by atoms with Crippen molar-refractivity contribution in [3.8, 4) is 0 Å². The summed E-state index contributed by atoms with van der Waals surface area (Å²) in [7, 11) is -0.836. The fraction of sp³-hybridized carbons (Fsp3) is 0.375. The molecule has 0 amide bonds. The van der Waals surface area contributed by atoms with Gasteiger partial charge in [0.2, 0.25) is 0 Å². The largest absolute Gasteiger partial charge is 0.330 e. The summed E-state index contributed by atoms with van der Waals surface area (Å²) in [6.07, 6.45) is 3.43. The van der Waals surface area contributed by atoms with Gasteiger partial charge in [0.15, 0.2) is 0 Å². The van der Waals surface area contributed by atoms with E-state index in [1.165, 1.54) is 0 Å². The molecule has 0 fully saturated rings. The van der Waals surface area contributed by atoms with Gasteiger partial charge in [-0.05, 0) is 11.6 Å². The first-order chi connectivity index (χ1) is 5.83. The van der Waals surface area contributed by atoms with Crippen LogP contribution in [0.1, 0.15) is 5.56 Å². The summed E-state index contributed by atoms with van der Waals surface area (Å²) < 4.78 is 11.2. The van der Waals surface area contributed by atoms with E-state index in [1.807, 2.05) is 12.1 Å². The second kappa shape index (κ2) is 5.00. The predicted octanol–water partition coefficient (Wildman–Crippen LogP) is 0.289. The van der Waals surface area contributed by atoms with E-state index in [0.717, 1.165) is 5.56 Å². The van der Waals surface area contributed by atoms with Crippen LogP contribution in [0, 0.1) is 0 Å². The summed E-state index contributed by atoms with van der Waals surface area (Å²) in [5.74, 6) is 1.12. The van der Waals surface area contributed by atoms with Crippen molar-refractivity contribution < 1.29 is 4.21 Å². The highest BCUT2D eigenvalue weighted by atomic mass is 32.2. The van der Waals surface area contributed by atoms with E-state index in [9.17, 15) is 4.21 Å². The van der Waals surface area contributed by atoms with Gasteiger partial charge in [-0.15, -0.1) is 0 Å². The molecule has 0 radical (unpaired) electrons. The fourth-order valence-corrected chi connectivity index (χ4v) is 1.82. The van der Waals surface area contributed by atoms with Crippen LogP contribution in [0.2, 0.25) is 0 Å². The van der Waals surface area contributed by atoms with Crippen molar-refractivity contribution in [2.24, 2.45) is 5.73 Å². The first-order valence-corrected chi connectivity index (χ1v) is 5.25. The molecule has 1 atom stereocenters. The quantitative estimate of drug-likeness (QED) is 0.731. The Morgan fingerprint density at radius 2 is 2.42 bits per heavy atom. The topological polar surface area (TPSA) is 56.0 Å². The first kappa shape index (κ1) is 9.35. The molecule has 3 nitrogen and oxygen atoms in total. The molecular formula is C8H12N2OS. The molecule has 1 aromatic heterocycles. The molecular weight excluding hydrogens is 172 g/mol. The van der Waals surface area contributed by atoms with Crippen molar-refractivity contribution in [1.82, 2.24) is 4.98 Å². The number of hydrogen-bond acceptors (Lipinski definition) is 3. The fourth-order valence-electron chi connectivity index (χ4n) is 0.873. The van der Waals surface area contributed by atoms with Gasteiger partial charge in [-0.25, -0.2) is 0 Å². The lowest BCUT2D eigenvalue weighted by Gasteiger charge is -1.98. The number of aromatic nitrogens is 1. The summed E-state index contributed by atoms with van der Waals surface area (Å²) in [5, 5.41) is 0. The van der Waals surface area contributed by atoms with Crippen LogP contribution in [0.5, 0.6) is 0 Å². The summed E-state index contributed by atoms with van der Waals surface area (Å²) in [6.45, 7) is 0.479. The van der Waals surface area contributed by atoms with Gasteiger partial charge in [0.1, 0.15) is 0 Å². The standard InChI is InChI=1S/C8H12N2OS/c9-3-5-12(11)7-8-2-1-4-10-6-8/h1-2,4,6H,3,5,7,9H2. The van der Waals surface area contributed by atoms with Crippen LogP contribution in [0.4, 0.5) is 0 Å². The zero-order valence-corrected chi connectivity index (χ0v) is 7.59. The van der Waals surface area contributed by atoms with E-state index >= 15 is 0 Å². The molecule has 1 unspecified atom stereocenters. The highest BCUT2D eigenvalue weighted by Crippen LogP contribution is 1.99. The van der Waals surface area contributed by atoms with E-state index in [0.29, 0.717) is 18.1 Å². The SMILES string of the molecule is NCCS(=O)Cc1cccnc1. The smallest absolute Gasteiger partial charge is 0.0501 e. The number of hydrogen-bond donors (Lipinski definition) is 1. The highest BCUT2D eigenvalue weighted by molar-refractivity contribution is 7.84. The molecule has 0 aliphatic rings. The van der Waals surface area contributed by atoms with Crippen molar-refractivity contribution in [2.75, 3.05) is 12.3 Å². The van der Waals surface area contributed by atoms with Crippen molar-refractivity contribution in [3.05, 3.63) is 30.1 Å². The Labute approximate surface area is 74.5 Å². The molecule has 4 heteroatoms. The van der Waals surface area contributed by atoms with Crippen LogP contribution in [0.25, 0.3) is 0 Å². The molecule has 66 valence electrons. The van der Waals surface area contributed by atoms with Gasteiger partial charge in [0.05, 0.1) is 5.75 Å². The van der Waals surface area contributed by atoms with Crippen LogP contribution < -0.4 is 5.73 Å². The van der Waals surface area contributed by atoms with Gasteiger partial charge in [-0.2, -0.15) is 0 Å². The monoisotopic (exact) mass is 184 g/mol. The van der Waals surface area contributed by atoms with Crippen LogP contribution >= 0.6 is 0 Å². The van der Waals surface area contributed by atoms with Gasteiger partial charge < -0.3 is 5.73 Å². The molecule has 0 aliphatic heterocycles. The van der Waals surface area contributed by atoms with Gasteiger partial charge in [0.25, 0.3) is 0 Å². The van der Waals surface area contributed by atoms with Crippen molar-refractivity contribution >= 4 is 10.8 Å². The zero-order chi connectivity index (χ0) is 8.81. The van der Waals surface area contributed by atoms with Crippen molar-refractivity contribution in [2.45, 2.75) is 5.75 Å². The van der Waals surface area contributed by atoms with Crippen molar-refractivity contribution in [3.63, 3.8) is 0 Å². The minimum Gasteiger partial charge on any atom is -0.330 e. The number of nitrogens with two attached hydrogens (primary N) is 1. The van der Waals surface area contributed by atoms with Gasteiger partial charge in [0, 0.05) is 35.5 Å². The third kappa shape index (κ3) is 3.11. The Hall–Kier alpha value is -0.740. The van der Waals surface area contributed by atoms with E-state index < -0.39 is 10.8 Å². The number of pyridine rings is 1. The molecule has 0 bridgehead atoms. The highest BCUT2D eigenvalue weighted by Gasteiger charge is 1.99. The maximum absolute atomic E-state index is 11.2. The van der Waals surface area contributed by atoms with Crippen LogP contribution in [-0.4, -0.2) is 21.5 Å². The number of nitrogens with zero attached hydrogens (tertiary/aromatic N) is 1. The molecule has 12 heavy (non-hydrogen) atoms. The van der Waals surface area contributed by atoms with Crippen LogP contribution in [0.15, 0.2) is 24.5 Å². The van der Waals surface area contributed by atoms with Gasteiger partial charge in [-0.1, -0.05) is 6.07 Å². The Bertz CT molecular complexity index is 250. The molecule has 0 saturated carbocycles. The average Bonchev–Trinajstić information content (AvgIpc) is 2.06. The lowest BCUT2D eigenvalue weighted by Crippen LogP contribution is -2.11. The lowest BCUT2D eigenvalue weighted by atomic mass is 10.3. The summed E-state index contributed by atoms with van der Waals surface area (Å²) >= 11 is 0. The van der Waals surface area contributed by atoms with Crippen LogP contribution in [-0.2, 0) is 16.6 Å². The zero-order valence-electron chi connectivity index (χ0n) is 6.77. The maximum atomic E-state index is 11.2. The molecule has 2 N–H and O–H groups in total. The Balaban J connectivity index is 2.47. The third-order valence-corrected chi connectivity index (χ3v) is 2.74. The van der Waals surface area contributed by atoms with E-state index in [1.54, 1.807) is 12.4 Å². The summed E-state index contributed by atoms with van der Waals surface area (Å²) in [4.78, 5) is 3.93. The summed E-state index contributed by atoms with van der Waals surface area (Å²) in [5.41, 5.74) is 6.28. The minimum atomic E-state index is -0.836. The Kier molecular flexibility index (Phi) is 3.90. The predicted molar refractivity (Wildman–Crippen MR) is 50.0 cm³/mol. The van der Waals surface area contributed by atoms with Gasteiger partial charge >= 0.3 is 0 Å². The molecule has 1 heterocycles. The molecule has 0 saturated heterocycles. The minimum absolute atomic E-state index is 0.479. The van der Waals surface area contributed by atoms with Crippen molar-refractivity contribution in [1.29, 1.82) is 0 Å². The van der Waals surface area contributed by atoms with Gasteiger partial charge in [-0.3, -0.25) is 9.19 Å². The molecule has 1 rings (SSSR count). The molecule has 0 spiro atoms. The molecule has 1 aromatic rings. The molecule has 0 aromatic carbocycles.